The molecule has 0 radical (unpaired) electrons. The van der Waals surface area contributed by atoms with Crippen molar-refractivity contribution in [2.24, 2.45) is 5.92 Å². The molecule has 0 aliphatic carbocycles. The fourth-order valence-corrected chi connectivity index (χ4v) is 2.49. The van der Waals surface area contributed by atoms with Crippen molar-refractivity contribution in [3.8, 4) is 0 Å². The van der Waals surface area contributed by atoms with Crippen molar-refractivity contribution in [3.63, 3.8) is 0 Å². The van der Waals surface area contributed by atoms with Crippen LogP contribution >= 0.6 is 0 Å². The summed E-state index contributed by atoms with van der Waals surface area (Å²) in [7, 11) is 0. The van der Waals surface area contributed by atoms with Gasteiger partial charge in [-0.25, -0.2) is 0 Å². The van der Waals surface area contributed by atoms with Gasteiger partial charge in [0.1, 0.15) is 0 Å². The first-order valence-electron chi connectivity index (χ1n) is 6.43. The van der Waals surface area contributed by atoms with E-state index >= 15 is 0 Å². The van der Waals surface area contributed by atoms with Gasteiger partial charge in [0.2, 0.25) is 0 Å². The average Bonchev–Trinajstić information content (AvgIpc) is 2.38. The van der Waals surface area contributed by atoms with Crippen LogP contribution in [0.1, 0.15) is 24.0 Å². The average molecular weight is 288 g/mol. The maximum absolute atomic E-state index is 12.6. The molecule has 1 aromatic carbocycles. The van der Waals surface area contributed by atoms with Crippen LogP contribution in [-0.4, -0.2) is 18.0 Å². The molecule has 0 spiro atoms. The first-order chi connectivity index (χ1) is 9.38. The van der Waals surface area contributed by atoms with Crippen molar-refractivity contribution in [1.29, 1.82) is 0 Å². The van der Waals surface area contributed by atoms with Gasteiger partial charge in [-0.1, -0.05) is 6.07 Å². The van der Waals surface area contributed by atoms with Crippen molar-refractivity contribution < 1.29 is 18.1 Å². The summed E-state index contributed by atoms with van der Waals surface area (Å²) in [6.07, 6.45) is -2.21. The van der Waals surface area contributed by atoms with E-state index in [9.17, 15) is 23.3 Å². The molecule has 0 bridgehead atoms. The van der Waals surface area contributed by atoms with E-state index in [2.05, 4.69) is 5.32 Å². The van der Waals surface area contributed by atoms with Gasteiger partial charge in [0.25, 0.3) is 5.69 Å². The number of nitrogens with one attached hydrogen (secondary N) is 1. The quantitative estimate of drug-likeness (QED) is 0.686. The van der Waals surface area contributed by atoms with Gasteiger partial charge in [-0.05, 0) is 44.3 Å². The molecule has 1 aliphatic heterocycles. The summed E-state index contributed by atoms with van der Waals surface area (Å²) in [4.78, 5) is 10.2. The molecule has 1 aliphatic rings. The van der Waals surface area contributed by atoms with Crippen LogP contribution in [0, 0.1) is 16.0 Å². The maximum atomic E-state index is 12.6. The van der Waals surface area contributed by atoms with Gasteiger partial charge in [-0.2, -0.15) is 13.2 Å². The number of nitro groups is 1. The molecule has 110 valence electrons. The van der Waals surface area contributed by atoms with Gasteiger partial charge in [-0.3, -0.25) is 10.1 Å². The highest BCUT2D eigenvalue weighted by Crippen LogP contribution is 2.34. The van der Waals surface area contributed by atoms with E-state index < -0.39 is 22.4 Å². The standard InChI is InChI=1S/C13H15F3N2O2/c14-13(15,16)11-4-3-10(12(7-11)18(19)20)6-9-2-1-5-17-8-9/h3-4,7,9,17H,1-2,5-6,8H2. The van der Waals surface area contributed by atoms with Crippen LogP contribution in [0.4, 0.5) is 18.9 Å². The van der Waals surface area contributed by atoms with Crippen LogP contribution in [0.3, 0.4) is 0 Å². The summed E-state index contributed by atoms with van der Waals surface area (Å²) in [6, 6.07) is 2.78. The van der Waals surface area contributed by atoms with Crippen molar-refractivity contribution in [2.75, 3.05) is 13.1 Å². The number of hydrogen-bond donors (Lipinski definition) is 1. The first-order valence-corrected chi connectivity index (χ1v) is 6.43. The minimum atomic E-state index is -4.56. The predicted octanol–water partition coefficient (Wildman–Crippen LogP) is 3.16. The number of rotatable bonds is 3. The van der Waals surface area contributed by atoms with Gasteiger partial charge in [0.05, 0.1) is 10.5 Å². The molecule has 1 saturated heterocycles. The topological polar surface area (TPSA) is 55.2 Å². The van der Waals surface area contributed by atoms with Gasteiger partial charge in [0.15, 0.2) is 0 Å². The Morgan fingerprint density at radius 1 is 1.40 bits per heavy atom. The Morgan fingerprint density at radius 2 is 2.15 bits per heavy atom. The largest absolute Gasteiger partial charge is 0.416 e. The molecular formula is C13H15F3N2O2. The number of piperidine rings is 1. The summed E-state index contributed by atoms with van der Waals surface area (Å²) in [5, 5.41) is 14.2. The number of nitro benzene ring substituents is 1. The Labute approximate surface area is 114 Å². The molecule has 0 amide bonds. The highest BCUT2D eigenvalue weighted by atomic mass is 19.4. The summed E-state index contributed by atoms with van der Waals surface area (Å²) in [6.45, 7) is 1.67. The second kappa shape index (κ2) is 5.78. The van der Waals surface area contributed by atoms with Crippen LogP contribution < -0.4 is 5.32 Å². The first kappa shape index (κ1) is 14.8. The number of nitrogens with zero attached hydrogens (tertiary/aromatic N) is 1. The molecule has 7 heteroatoms. The third-order valence-corrected chi connectivity index (χ3v) is 3.52. The Morgan fingerprint density at radius 3 is 2.70 bits per heavy atom. The van der Waals surface area contributed by atoms with E-state index in [1.54, 1.807) is 0 Å². The fraction of sp³-hybridized carbons (Fsp3) is 0.538. The summed E-state index contributed by atoms with van der Waals surface area (Å²) >= 11 is 0. The molecule has 20 heavy (non-hydrogen) atoms. The highest BCUT2D eigenvalue weighted by molar-refractivity contribution is 5.44. The molecule has 1 fully saturated rings. The van der Waals surface area contributed by atoms with E-state index in [1.807, 2.05) is 0 Å². The second-order valence-corrected chi connectivity index (χ2v) is 5.01. The number of alkyl halides is 3. The van der Waals surface area contributed by atoms with Gasteiger partial charge in [0, 0.05) is 11.6 Å². The number of benzene rings is 1. The van der Waals surface area contributed by atoms with E-state index in [0.717, 1.165) is 32.0 Å². The zero-order valence-corrected chi connectivity index (χ0v) is 10.7. The normalized spacial score (nSPS) is 19.9. The molecule has 4 nitrogen and oxygen atoms in total. The Balaban J connectivity index is 2.25. The van der Waals surface area contributed by atoms with Crippen LogP contribution in [-0.2, 0) is 12.6 Å². The Bertz CT molecular complexity index is 497. The second-order valence-electron chi connectivity index (χ2n) is 5.01. The maximum Gasteiger partial charge on any atom is 0.416 e. The Kier molecular flexibility index (Phi) is 4.27. The lowest BCUT2D eigenvalue weighted by Crippen LogP contribution is -2.31. The van der Waals surface area contributed by atoms with Crippen LogP contribution in [0.2, 0.25) is 0 Å². The van der Waals surface area contributed by atoms with Crippen molar-refractivity contribution in [3.05, 3.63) is 39.4 Å². The van der Waals surface area contributed by atoms with Crippen molar-refractivity contribution in [1.82, 2.24) is 5.32 Å². The van der Waals surface area contributed by atoms with E-state index in [0.29, 0.717) is 18.1 Å². The zero-order valence-electron chi connectivity index (χ0n) is 10.7. The van der Waals surface area contributed by atoms with Crippen molar-refractivity contribution in [2.45, 2.75) is 25.4 Å². The molecule has 1 unspecified atom stereocenters. The Hall–Kier alpha value is -1.63. The number of hydrogen-bond acceptors (Lipinski definition) is 3. The van der Waals surface area contributed by atoms with Gasteiger partial charge >= 0.3 is 6.18 Å². The van der Waals surface area contributed by atoms with Crippen LogP contribution in [0.25, 0.3) is 0 Å². The monoisotopic (exact) mass is 288 g/mol. The molecule has 0 saturated carbocycles. The minimum absolute atomic E-state index is 0.235. The molecule has 2 rings (SSSR count). The molecule has 1 heterocycles. The fourth-order valence-electron chi connectivity index (χ4n) is 2.49. The van der Waals surface area contributed by atoms with Gasteiger partial charge in [-0.15, -0.1) is 0 Å². The molecule has 1 N–H and O–H groups in total. The summed E-state index contributed by atoms with van der Waals surface area (Å²) in [5.74, 6) is 0.235. The van der Waals surface area contributed by atoms with Gasteiger partial charge < -0.3 is 5.32 Å². The lowest BCUT2D eigenvalue weighted by atomic mass is 9.91. The minimum Gasteiger partial charge on any atom is -0.316 e. The third-order valence-electron chi connectivity index (χ3n) is 3.52. The third kappa shape index (κ3) is 3.47. The zero-order chi connectivity index (χ0) is 14.8. The molecular weight excluding hydrogens is 273 g/mol. The van der Waals surface area contributed by atoms with E-state index in [4.69, 9.17) is 0 Å². The molecule has 0 aromatic heterocycles. The van der Waals surface area contributed by atoms with E-state index in [-0.39, 0.29) is 5.92 Å². The SMILES string of the molecule is O=[N+]([O-])c1cc(C(F)(F)F)ccc1CC1CCCNC1. The molecule has 1 aromatic rings. The van der Waals surface area contributed by atoms with E-state index in [1.165, 1.54) is 6.07 Å². The summed E-state index contributed by atoms with van der Waals surface area (Å²) < 4.78 is 37.8. The molecule has 1 atom stereocenters. The number of halogens is 3. The summed E-state index contributed by atoms with van der Waals surface area (Å²) in [5.41, 5.74) is -1.04. The van der Waals surface area contributed by atoms with Crippen molar-refractivity contribution >= 4 is 5.69 Å². The smallest absolute Gasteiger partial charge is 0.316 e. The highest BCUT2D eigenvalue weighted by Gasteiger charge is 2.33. The lowest BCUT2D eigenvalue weighted by molar-refractivity contribution is -0.385. The van der Waals surface area contributed by atoms with Crippen LogP contribution in [0.5, 0.6) is 0 Å². The predicted molar refractivity (Wildman–Crippen MR) is 67.4 cm³/mol. The lowest BCUT2D eigenvalue weighted by Gasteiger charge is -2.22. The van der Waals surface area contributed by atoms with Crippen LogP contribution in [0.15, 0.2) is 18.2 Å².